The van der Waals surface area contributed by atoms with E-state index < -0.39 is 5.97 Å². The van der Waals surface area contributed by atoms with Crippen LogP contribution in [0.4, 0.5) is 0 Å². The van der Waals surface area contributed by atoms with Gasteiger partial charge in [-0.1, -0.05) is 31.0 Å². The molecule has 1 N–H and O–H groups in total. The highest BCUT2D eigenvalue weighted by Crippen LogP contribution is 2.29. The van der Waals surface area contributed by atoms with Gasteiger partial charge in [-0.2, -0.15) is 5.10 Å². The zero-order chi connectivity index (χ0) is 11.5. The quantitative estimate of drug-likeness (QED) is 0.788. The molecule has 0 aromatic carbocycles. The van der Waals surface area contributed by atoms with E-state index >= 15 is 0 Å². The maximum Gasteiger partial charge on any atom is 0.313 e. The second-order valence-corrected chi connectivity index (χ2v) is 5.06. The molecule has 1 aromatic rings. The van der Waals surface area contributed by atoms with Gasteiger partial charge >= 0.3 is 5.97 Å². The molecule has 0 aliphatic heterocycles. The fraction of sp³-hybridized carbons (Fsp3) is 0.700. The van der Waals surface area contributed by atoms with Crippen LogP contribution in [0.15, 0.2) is 5.16 Å². The molecule has 16 heavy (non-hydrogen) atoms. The van der Waals surface area contributed by atoms with Crippen molar-refractivity contribution in [2.24, 2.45) is 13.0 Å². The highest BCUT2D eigenvalue weighted by Gasteiger charge is 2.20. The SMILES string of the molecule is Cn1nc(CC2CCC2)nc1SCC(=O)O. The van der Waals surface area contributed by atoms with Crippen LogP contribution in [0.25, 0.3) is 0 Å². The summed E-state index contributed by atoms with van der Waals surface area (Å²) in [5, 5.41) is 13.6. The van der Waals surface area contributed by atoms with Gasteiger partial charge in [0, 0.05) is 13.5 Å². The van der Waals surface area contributed by atoms with E-state index in [4.69, 9.17) is 5.11 Å². The van der Waals surface area contributed by atoms with Crippen LogP contribution < -0.4 is 0 Å². The van der Waals surface area contributed by atoms with Crippen LogP contribution in [0.2, 0.25) is 0 Å². The Morgan fingerprint density at radius 3 is 2.94 bits per heavy atom. The summed E-state index contributed by atoms with van der Waals surface area (Å²) in [6.45, 7) is 0. The van der Waals surface area contributed by atoms with Crippen LogP contribution in [0.1, 0.15) is 25.1 Å². The lowest BCUT2D eigenvalue weighted by atomic mass is 9.83. The van der Waals surface area contributed by atoms with Crippen molar-refractivity contribution in [2.45, 2.75) is 30.8 Å². The maximum absolute atomic E-state index is 10.4. The number of rotatable bonds is 5. The normalized spacial score (nSPS) is 16.1. The summed E-state index contributed by atoms with van der Waals surface area (Å²) in [4.78, 5) is 14.8. The third-order valence-corrected chi connectivity index (χ3v) is 3.79. The van der Waals surface area contributed by atoms with Gasteiger partial charge < -0.3 is 5.11 Å². The third-order valence-electron chi connectivity index (χ3n) is 2.79. The summed E-state index contributed by atoms with van der Waals surface area (Å²) in [6.07, 6.45) is 4.80. The molecule has 88 valence electrons. The highest BCUT2D eigenvalue weighted by atomic mass is 32.2. The third kappa shape index (κ3) is 2.75. The first kappa shape index (κ1) is 11.4. The van der Waals surface area contributed by atoms with Crippen molar-refractivity contribution < 1.29 is 9.90 Å². The number of carboxylic acid groups (broad SMARTS) is 1. The Kier molecular flexibility index (Phi) is 3.48. The van der Waals surface area contributed by atoms with Gasteiger partial charge in [-0.05, 0) is 5.92 Å². The second-order valence-electron chi connectivity index (χ2n) is 4.12. The molecule has 0 saturated heterocycles. The van der Waals surface area contributed by atoms with Crippen molar-refractivity contribution in [1.82, 2.24) is 14.8 Å². The lowest BCUT2D eigenvalue weighted by Crippen LogP contribution is -2.14. The molecule has 0 unspecified atom stereocenters. The number of nitrogens with zero attached hydrogens (tertiary/aromatic N) is 3. The van der Waals surface area contributed by atoms with E-state index in [0.717, 1.165) is 18.2 Å². The molecule has 0 bridgehead atoms. The Hall–Kier alpha value is -1.04. The Labute approximate surface area is 98.3 Å². The molecule has 0 radical (unpaired) electrons. The van der Waals surface area contributed by atoms with E-state index in [1.165, 1.54) is 31.0 Å². The molecule has 1 saturated carbocycles. The van der Waals surface area contributed by atoms with E-state index in [1.807, 2.05) is 7.05 Å². The first-order valence-corrected chi connectivity index (χ1v) is 6.38. The summed E-state index contributed by atoms with van der Waals surface area (Å²) in [5.74, 6) is 0.795. The number of carboxylic acids is 1. The number of carbonyl (C=O) groups is 1. The van der Waals surface area contributed by atoms with Gasteiger partial charge in [-0.3, -0.25) is 4.79 Å². The Morgan fingerprint density at radius 1 is 1.62 bits per heavy atom. The van der Waals surface area contributed by atoms with Crippen molar-refractivity contribution in [3.8, 4) is 0 Å². The first-order valence-electron chi connectivity index (χ1n) is 5.39. The van der Waals surface area contributed by atoms with E-state index in [2.05, 4.69) is 10.1 Å². The Bertz CT molecular complexity index is 387. The minimum Gasteiger partial charge on any atom is -0.481 e. The molecule has 0 amide bonds. The van der Waals surface area contributed by atoms with Crippen LogP contribution in [0, 0.1) is 5.92 Å². The first-order chi connectivity index (χ1) is 7.65. The van der Waals surface area contributed by atoms with Gasteiger partial charge in [0.2, 0.25) is 0 Å². The average Bonchev–Trinajstić information content (AvgIpc) is 2.50. The van der Waals surface area contributed by atoms with Crippen molar-refractivity contribution in [2.75, 3.05) is 5.75 Å². The number of aliphatic carboxylic acids is 1. The van der Waals surface area contributed by atoms with Crippen LogP contribution in [-0.4, -0.2) is 31.6 Å². The minimum atomic E-state index is -0.825. The number of hydrogen-bond donors (Lipinski definition) is 1. The zero-order valence-electron chi connectivity index (χ0n) is 9.22. The standard InChI is InChI=1S/C10H15N3O2S/c1-13-10(16-6-9(14)15)11-8(12-13)5-7-3-2-4-7/h7H,2-6H2,1H3,(H,14,15). The molecular weight excluding hydrogens is 226 g/mol. The van der Waals surface area contributed by atoms with E-state index in [1.54, 1.807) is 4.68 Å². The zero-order valence-corrected chi connectivity index (χ0v) is 10.0. The van der Waals surface area contributed by atoms with Gasteiger partial charge in [-0.25, -0.2) is 9.67 Å². The van der Waals surface area contributed by atoms with Gasteiger partial charge in [0.25, 0.3) is 0 Å². The molecule has 1 heterocycles. The smallest absolute Gasteiger partial charge is 0.313 e. The number of aryl methyl sites for hydroxylation is 1. The molecule has 1 fully saturated rings. The van der Waals surface area contributed by atoms with E-state index in [0.29, 0.717) is 5.16 Å². The molecule has 5 nitrogen and oxygen atoms in total. The molecule has 2 rings (SSSR count). The Morgan fingerprint density at radius 2 is 2.38 bits per heavy atom. The summed E-state index contributed by atoms with van der Waals surface area (Å²) in [6, 6.07) is 0. The Balaban J connectivity index is 1.94. The maximum atomic E-state index is 10.4. The van der Waals surface area contributed by atoms with Gasteiger partial charge in [-0.15, -0.1) is 0 Å². The van der Waals surface area contributed by atoms with Crippen molar-refractivity contribution in [3.05, 3.63) is 5.82 Å². The van der Waals surface area contributed by atoms with Crippen LogP contribution >= 0.6 is 11.8 Å². The van der Waals surface area contributed by atoms with Crippen molar-refractivity contribution in [1.29, 1.82) is 0 Å². The molecule has 0 spiro atoms. The molecule has 6 heteroatoms. The van der Waals surface area contributed by atoms with Gasteiger partial charge in [0.1, 0.15) is 0 Å². The van der Waals surface area contributed by atoms with Gasteiger partial charge in [0.15, 0.2) is 11.0 Å². The van der Waals surface area contributed by atoms with Crippen LogP contribution in [0.5, 0.6) is 0 Å². The largest absolute Gasteiger partial charge is 0.481 e. The van der Waals surface area contributed by atoms with E-state index in [-0.39, 0.29) is 5.75 Å². The fourth-order valence-electron chi connectivity index (χ4n) is 1.71. The topological polar surface area (TPSA) is 68.0 Å². The average molecular weight is 241 g/mol. The monoisotopic (exact) mass is 241 g/mol. The van der Waals surface area contributed by atoms with Crippen LogP contribution in [-0.2, 0) is 18.3 Å². The van der Waals surface area contributed by atoms with Gasteiger partial charge in [0.05, 0.1) is 5.75 Å². The second kappa shape index (κ2) is 4.86. The lowest BCUT2D eigenvalue weighted by molar-refractivity contribution is -0.133. The summed E-state index contributed by atoms with van der Waals surface area (Å²) in [5.41, 5.74) is 0. The molecule has 1 aliphatic rings. The lowest BCUT2D eigenvalue weighted by Gasteiger charge is -2.23. The fourth-order valence-corrected chi connectivity index (χ4v) is 2.36. The number of hydrogen-bond acceptors (Lipinski definition) is 4. The predicted octanol–water partition coefficient (Wildman–Crippen LogP) is 1.33. The molecule has 0 atom stereocenters. The summed E-state index contributed by atoms with van der Waals surface area (Å²) >= 11 is 1.22. The number of aromatic nitrogens is 3. The summed E-state index contributed by atoms with van der Waals surface area (Å²) < 4.78 is 1.67. The predicted molar refractivity (Wildman–Crippen MR) is 60.4 cm³/mol. The molecule has 1 aromatic heterocycles. The molecular formula is C10H15N3O2S. The number of thioether (sulfide) groups is 1. The highest BCUT2D eigenvalue weighted by molar-refractivity contribution is 7.99. The minimum absolute atomic E-state index is 0.0371. The van der Waals surface area contributed by atoms with Crippen molar-refractivity contribution in [3.63, 3.8) is 0 Å². The summed E-state index contributed by atoms with van der Waals surface area (Å²) in [7, 11) is 1.81. The van der Waals surface area contributed by atoms with E-state index in [9.17, 15) is 4.79 Å². The van der Waals surface area contributed by atoms with Crippen LogP contribution in [0.3, 0.4) is 0 Å². The van der Waals surface area contributed by atoms with Crippen molar-refractivity contribution >= 4 is 17.7 Å². The molecule has 1 aliphatic carbocycles.